The molecule has 0 amide bonds. The largest absolute Gasteiger partial charge is 0.475 e. The summed E-state index contributed by atoms with van der Waals surface area (Å²) in [6.07, 6.45) is 1.49. The first kappa shape index (κ1) is 14.2. The standard InChI is InChI=1S/C14H12N4O3S/c1-6(8-3-2-4-22-8)10(19)7-5-16-12-9(7)11(15)17-13(18-12)14(20)21/h2-6H,1H3,(H,20,21)(H3,15,16,17,18). The van der Waals surface area contributed by atoms with E-state index >= 15 is 0 Å². The van der Waals surface area contributed by atoms with Gasteiger partial charge < -0.3 is 15.8 Å². The third-order valence-corrected chi connectivity index (χ3v) is 4.43. The van der Waals surface area contributed by atoms with Gasteiger partial charge in [0.25, 0.3) is 0 Å². The zero-order valence-electron chi connectivity index (χ0n) is 11.5. The van der Waals surface area contributed by atoms with E-state index in [4.69, 9.17) is 10.8 Å². The fraction of sp³-hybridized carbons (Fsp3) is 0.143. The lowest BCUT2D eigenvalue weighted by molar-refractivity contribution is 0.0684. The van der Waals surface area contributed by atoms with Crippen LogP contribution in [0.4, 0.5) is 5.82 Å². The van der Waals surface area contributed by atoms with E-state index < -0.39 is 11.8 Å². The Morgan fingerprint density at radius 3 is 2.82 bits per heavy atom. The highest BCUT2D eigenvalue weighted by Gasteiger charge is 2.24. The van der Waals surface area contributed by atoms with Gasteiger partial charge in [-0.2, -0.15) is 0 Å². The molecule has 0 aliphatic rings. The number of nitrogens with two attached hydrogens (primary N) is 1. The summed E-state index contributed by atoms with van der Waals surface area (Å²) < 4.78 is 0. The molecule has 7 nitrogen and oxygen atoms in total. The number of hydrogen-bond donors (Lipinski definition) is 3. The van der Waals surface area contributed by atoms with Crippen LogP contribution in [-0.2, 0) is 0 Å². The molecule has 4 N–H and O–H groups in total. The zero-order valence-corrected chi connectivity index (χ0v) is 12.3. The number of fused-ring (bicyclic) bond motifs is 1. The summed E-state index contributed by atoms with van der Waals surface area (Å²) >= 11 is 1.50. The predicted octanol–water partition coefficient (Wildman–Crippen LogP) is 2.29. The van der Waals surface area contributed by atoms with Gasteiger partial charge in [0, 0.05) is 16.6 Å². The molecule has 1 atom stereocenters. The Bertz CT molecular complexity index is 870. The number of aromatic carboxylic acids is 1. The second kappa shape index (κ2) is 5.23. The number of H-pyrrole nitrogens is 1. The number of ketones is 1. The molecule has 8 heteroatoms. The van der Waals surface area contributed by atoms with Gasteiger partial charge >= 0.3 is 5.97 Å². The Morgan fingerprint density at radius 2 is 2.18 bits per heavy atom. The van der Waals surface area contributed by atoms with E-state index in [1.165, 1.54) is 17.5 Å². The minimum Gasteiger partial charge on any atom is -0.475 e. The third kappa shape index (κ3) is 2.23. The Morgan fingerprint density at radius 1 is 1.41 bits per heavy atom. The van der Waals surface area contributed by atoms with Gasteiger partial charge in [-0.1, -0.05) is 13.0 Å². The number of carbonyl (C=O) groups is 2. The summed E-state index contributed by atoms with van der Waals surface area (Å²) in [6, 6.07) is 3.78. The number of hydrogen-bond acceptors (Lipinski definition) is 6. The van der Waals surface area contributed by atoms with Crippen molar-refractivity contribution in [1.29, 1.82) is 0 Å². The molecule has 0 spiro atoms. The molecule has 22 heavy (non-hydrogen) atoms. The van der Waals surface area contributed by atoms with Crippen LogP contribution in [0.2, 0.25) is 0 Å². The number of carbonyl (C=O) groups excluding carboxylic acids is 1. The van der Waals surface area contributed by atoms with E-state index in [1.54, 1.807) is 0 Å². The van der Waals surface area contributed by atoms with Crippen LogP contribution in [0.1, 0.15) is 38.7 Å². The van der Waals surface area contributed by atoms with Crippen LogP contribution in [-0.4, -0.2) is 31.8 Å². The van der Waals surface area contributed by atoms with E-state index in [0.717, 1.165) is 4.88 Å². The summed E-state index contributed by atoms with van der Waals surface area (Å²) in [5, 5.41) is 11.2. The van der Waals surface area contributed by atoms with Crippen LogP contribution >= 0.6 is 11.3 Å². The minimum absolute atomic E-state index is 0.0228. The molecule has 0 aliphatic heterocycles. The smallest absolute Gasteiger partial charge is 0.374 e. The molecule has 0 saturated carbocycles. The first-order valence-electron chi connectivity index (χ1n) is 6.44. The van der Waals surface area contributed by atoms with Crippen molar-refractivity contribution in [2.75, 3.05) is 5.73 Å². The topological polar surface area (TPSA) is 122 Å². The van der Waals surface area contributed by atoms with Crippen molar-refractivity contribution in [3.05, 3.63) is 40.0 Å². The number of nitrogens with one attached hydrogen (secondary N) is 1. The molecular weight excluding hydrogens is 304 g/mol. The normalized spacial score (nSPS) is 12.4. The van der Waals surface area contributed by atoms with E-state index in [9.17, 15) is 9.59 Å². The van der Waals surface area contributed by atoms with Gasteiger partial charge in [-0.25, -0.2) is 14.8 Å². The average Bonchev–Trinajstić information content (AvgIpc) is 3.14. The Hall–Kier alpha value is -2.74. The van der Waals surface area contributed by atoms with Crippen molar-refractivity contribution in [3.8, 4) is 0 Å². The summed E-state index contributed by atoms with van der Waals surface area (Å²) in [5.41, 5.74) is 6.42. The summed E-state index contributed by atoms with van der Waals surface area (Å²) in [6.45, 7) is 1.82. The maximum absolute atomic E-state index is 12.6. The maximum Gasteiger partial charge on any atom is 0.374 e. The van der Waals surface area contributed by atoms with Crippen LogP contribution in [0.15, 0.2) is 23.7 Å². The highest BCUT2D eigenvalue weighted by molar-refractivity contribution is 7.10. The molecule has 0 radical (unpaired) electrons. The predicted molar refractivity (Wildman–Crippen MR) is 82.3 cm³/mol. The Kier molecular flexibility index (Phi) is 3.38. The van der Waals surface area contributed by atoms with Gasteiger partial charge in [-0.15, -0.1) is 11.3 Å². The lowest BCUT2D eigenvalue weighted by Gasteiger charge is -2.08. The van der Waals surface area contributed by atoms with Crippen LogP contribution in [0.25, 0.3) is 11.0 Å². The number of nitrogens with zero attached hydrogens (tertiary/aromatic N) is 2. The number of aromatic amines is 1. The zero-order chi connectivity index (χ0) is 15.9. The molecular formula is C14H12N4O3S. The quantitative estimate of drug-likeness (QED) is 0.635. The van der Waals surface area contributed by atoms with Crippen molar-refractivity contribution < 1.29 is 14.7 Å². The number of aromatic nitrogens is 3. The third-order valence-electron chi connectivity index (χ3n) is 3.38. The summed E-state index contributed by atoms with van der Waals surface area (Å²) in [7, 11) is 0. The molecule has 0 fully saturated rings. The second-order valence-electron chi connectivity index (χ2n) is 4.76. The summed E-state index contributed by atoms with van der Waals surface area (Å²) in [5.74, 6) is -2.14. The number of nitrogen functional groups attached to an aromatic ring is 1. The number of Topliss-reactive ketones (excluding diaryl/α,β-unsaturated/α-hetero) is 1. The van der Waals surface area contributed by atoms with Crippen LogP contribution in [0, 0.1) is 0 Å². The number of carboxylic acid groups (broad SMARTS) is 1. The van der Waals surface area contributed by atoms with E-state index in [2.05, 4.69) is 15.0 Å². The molecule has 0 saturated heterocycles. The van der Waals surface area contributed by atoms with E-state index in [-0.39, 0.29) is 23.2 Å². The van der Waals surface area contributed by atoms with Crippen molar-refractivity contribution in [2.24, 2.45) is 0 Å². The van der Waals surface area contributed by atoms with Crippen molar-refractivity contribution in [3.63, 3.8) is 0 Å². The number of carboxylic acids is 1. The molecule has 3 heterocycles. The fourth-order valence-corrected chi connectivity index (χ4v) is 3.03. The molecule has 112 valence electrons. The molecule has 3 aromatic rings. The lowest BCUT2D eigenvalue weighted by Crippen LogP contribution is -2.10. The highest BCUT2D eigenvalue weighted by Crippen LogP contribution is 2.29. The van der Waals surface area contributed by atoms with Gasteiger partial charge in [0.1, 0.15) is 11.5 Å². The molecule has 3 aromatic heterocycles. The first-order valence-corrected chi connectivity index (χ1v) is 7.32. The first-order chi connectivity index (χ1) is 10.5. The van der Waals surface area contributed by atoms with Crippen molar-refractivity contribution >= 4 is 39.9 Å². The lowest BCUT2D eigenvalue weighted by atomic mass is 9.98. The van der Waals surface area contributed by atoms with Crippen LogP contribution < -0.4 is 5.73 Å². The van der Waals surface area contributed by atoms with Crippen LogP contribution in [0.5, 0.6) is 0 Å². The fourth-order valence-electron chi connectivity index (χ4n) is 2.25. The Labute approximate surface area is 128 Å². The van der Waals surface area contributed by atoms with E-state index in [0.29, 0.717) is 10.9 Å². The van der Waals surface area contributed by atoms with Gasteiger partial charge in [0.15, 0.2) is 5.78 Å². The van der Waals surface area contributed by atoms with Crippen LogP contribution in [0.3, 0.4) is 0 Å². The SMILES string of the molecule is CC(C(=O)c1c[nH]c2nc(C(=O)O)nc(N)c12)c1cccs1. The van der Waals surface area contributed by atoms with Gasteiger partial charge in [0.05, 0.1) is 11.3 Å². The van der Waals surface area contributed by atoms with E-state index in [1.807, 2.05) is 24.4 Å². The van der Waals surface area contributed by atoms with Crippen molar-refractivity contribution in [2.45, 2.75) is 12.8 Å². The summed E-state index contributed by atoms with van der Waals surface area (Å²) in [4.78, 5) is 34.9. The van der Waals surface area contributed by atoms with Crippen molar-refractivity contribution in [1.82, 2.24) is 15.0 Å². The molecule has 3 rings (SSSR count). The van der Waals surface area contributed by atoms with Gasteiger partial charge in [-0.05, 0) is 11.4 Å². The number of anilines is 1. The molecule has 0 aromatic carbocycles. The maximum atomic E-state index is 12.6. The monoisotopic (exact) mass is 316 g/mol. The molecule has 0 bridgehead atoms. The number of rotatable bonds is 4. The highest BCUT2D eigenvalue weighted by atomic mass is 32.1. The van der Waals surface area contributed by atoms with Gasteiger partial charge in [-0.3, -0.25) is 4.79 Å². The Balaban J connectivity index is 2.08. The second-order valence-corrected chi connectivity index (χ2v) is 5.74. The van der Waals surface area contributed by atoms with Gasteiger partial charge in [0.2, 0.25) is 5.82 Å². The number of thiophene rings is 1. The minimum atomic E-state index is -1.27. The molecule has 1 unspecified atom stereocenters. The molecule has 0 aliphatic carbocycles. The average molecular weight is 316 g/mol.